The van der Waals surface area contributed by atoms with Crippen LogP contribution in [0, 0.1) is 6.92 Å². The van der Waals surface area contributed by atoms with Gasteiger partial charge in [0.25, 0.3) is 0 Å². The van der Waals surface area contributed by atoms with E-state index in [0.29, 0.717) is 0 Å². The second kappa shape index (κ2) is 12.1. The average molecular weight is 516 g/mol. The van der Waals surface area contributed by atoms with Crippen molar-refractivity contribution in [2.75, 3.05) is 0 Å². The number of nitrogens with zero attached hydrogens (tertiary/aromatic N) is 1. The third kappa shape index (κ3) is 6.07. The Bertz CT molecular complexity index is 1380. The molecule has 0 N–H and O–H groups in total. The summed E-state index contributed by atoms with van der Waals surface area (Å²) in [6.45, 7) is 2.11. The zero-order valence-corrected chi connectivity index (χ0v) is 22.5. The summed E-state index contributed by atoms with van der Waals surface area (Å²) in [5.41, 5.74) is 5.89. The van der Waals surface area contributed by atoms with Crippen molar-refractivity contribution in [3.8, 4) is 0 Å². The van der Waals surface area contributed by atoms with Gasteiger partial charge < -0.3 is 0 Å². The van der Waals surface area contributed by atoms with Crippen LogP contribution in [-0.2, 0) is 10.5 Å². The van der Waals surface area contributed by atoms with E-state index in [9.17, 15) is 0 Å². The predicted molar refractivity (Wildman–Crippen MR) is 162 cm³/mol. The molecule has 5 aromatic carbocycles. The Morgan fingerprint density at radius 2 is 1.08 bits per heavy atom. The molecular weight excluding hydrogens is 487 g/mol. The van der Waals surface area contributed by atoms with Crippen molar-refractivity contribution in [1.82, 2.24) is 0 Å². The van der Waals surface area contributed by atoms with Crippen LogP contribution in [0.15, 0.2) is 155 Å². The summed E-state index contributed by atoms with van der Waals surface area (Å²) in [6.07, 6.45) is 0. The number of thioether (sulfide) groups is 2. The lowest BCUT2D eigenvalue weighted by Crippen LogP contribution is -2.32. The first-order valence-electron chi connectivity index (χ1n) is 12.4. The summed E-state index contributed by atoms with van der Waals surface area (Å²) in [6, 6.07) is 51.4. The molecule has 0 aliphatic heterocycles. The molecule has 0 fully saturated rings. The first-order chi connectivity index (χ1) is 18.2. The van der Waals surface area contributed by atoms with Gasteiger partial charge in [-0.05, 0) is 47.9 Å². The highest BCUT2D eigenvalue weighted by Gasteiger charge is 2.41. The van der Waals surface area contributed by atoms with E-state index in [2.05, 4.69) is 153 Å². The Kier molecular flexibility index (Phi) is 8.25. The molecule has 0 atom stereocenters. The van der Waals surface area contributed by atoms with E-state index in [1.165, 1.54) is 27.1 Å². The normalized spacial score (nSPS) is 11.9. The molecule has 0 aliphatic carbocycles. The van der Waals surface area contributed by atoms with E-state index >= 15 is 0 Å². The highest BCUT2D eigenvalue weighted by Crippen LogP contribution is 2.51. The van der Waals surface area contributed by atoms with Crippen molar-refractivity contribution in [1.29, 1.82) is 0 Å². The second-order valence-corrected chi connectivity index (χ2v) is 11.1. The summed E-state index contributed by atoms with van der Waals surface area (Å²) in [7, 11) is 0. The number of aryl methyl sites for hydroxylation is 1. The van der Waals surface area contributed by atoms with Gasteiger partial charge in [-0.1, -0.05) is 127 Å². The molecule has 3 heteroatoms. The van der Waals surface area contributed by atoms with E-state index in [4.69, 9.17) is 4.99 Å². The molecule has 0 spiro atoms. The highest BCUT2D eigenvalue weighted by molar-refractivity contribution is 8.16. The minimum absolute atomic E-state index is 0.534. The van der Waals surface area contributed by atoms with Crippen molar-refractivity contribution in [3.05, 3.63) is 168 Å². The molecule has 0 radical (unpaired) electrons. The van der Waals surface area contributed by atoms with Gasteiger partial charge in [0.05, 0.1) is 10.7 Å². The van der Waals surface area contributed by atoms with Crippen LogP contribution < -0.4 is 0 Å². The van der Waals surface area contributed by atoms with Crippen LogP contribution in [0.1, 0.15) is 22.3 Å². The van der Waals surface area contributed by atoms with Crippen molar-refractivity contribution < 1.29 is 0 Å². The number of aliphatic imine (C=N–C) groups is 1. The van der Waals surface area contributed by atoms with Crippen LogP contribution >= 0.6 is 23.5 Å². The number of rotatable bonds is 8. The van der Waals surface area contributed by atoms with Crippen molar-refractivity contribution in [2.24, 2.45) is 4.99 Å². The zero-order chi connectivity index (χ0) is 25.3. The Morgan fingerprint density at radius 1 is 0.595 bits per heavy atom. The lowest BCUT2D eigenvalue weighted by atomic mass is 9.91. The standard InChI is InChI=1S/C34H29NS2/c1-27-22-24-31(25-23-27)35-33(36-26-28-14-6-2-7-15-28)34(29-16-8-3-9-17-29,30-18-10-4-11-19-30)37-32-20-12-5-13-21-32/h2-25H,26H2,1H3. The van der Waals surface area contributed by atoms with Crippen LogP contribution in [-0.4, -0.2) is 5.04 Å². The molecule has 0 unspecified atom stereocenters. The Labute approximate surface area is 228 Å². The second-order valence-electron chi connectivity index (χ2n) is 8.86. The SMILES string of the molecule is Cc1ccc(N=C(SCc2ccccc2)C(Sc2ccccc2)(c2ccccc2)c2ccccc2)cc1. The number of hydrogen-bond donors (Lipinski definition) is 0. The van der Waals surface area contributed by atoms with E-state index < -0.39 is 4.75 Å². The quantitative estimate of drug-likeness (QED) is 0.116. The first-order valence-corrected chi connectivity index (χ1v) is 14.2. The van der Waals surface area contributed by atoms with Crippen LogP contribution in [0.4, 0.5) is 5.69 Å². The van der Waals surface area contributed by atoms with Gasteiger partial charge in [0.2, 0.25) is 0 Å². The fraction of sp³-hybridized carbons (Fsp3) is 0.0882. The van der Waals surface area contributed by atoms with Crippen LogP contribution in [0.25, 0.3) is 0 Å². The van der Waals surface area contributed by atoms with Gasteiger partial charge in [-0.3, -0.25) is 0 Å². The van der Waals surface area contributed by atoms with Crippen molar-refractivity contribution >= 4 is 34.3 Å². The van der Waals surface area contributed by atoms with Gasteiger partial charge in [0, 0.05) is 10.6 Å². The third-order valence-corrected chi connectivity index (χ3v) is 8.92. The number of benzene rings is 5. The van der Waals surface area contributed by atoms with Gasteiger partial charge in [-0.2, -0.15) is 0 Å². The monoisotopic (exact) mass is 515 g/mol. The summed E-state index contributed by atoms with van der Waals surface area (Å²) in [5, 5.41) is 1.06. The molecule has 1 nitrogen and oxygen atoms in total. The number of hydrogen-bond acceptors (Lipinski definition) is 3. The molecule has 182 valence electrons. The fourth-order valence-electron chi connectivity index (χ4n) is 4.26. The Hall–Kier alpha value is -3.53. The van der Waals surface area contributed by atoms with E-state index in [1.807, 2.05) is 23.5 Å². The summed E-state index contributed by atoms with van der Waals surface area (Å²) >= 11 is 3.68. The maximum Gasteiger partial charge on any atom is 0.119 e. The van der Waals surface area contributed by atoms with E-state index in [-0.39, 0.29) is 0 Å². The topological polar surface area (TPSA) is 12.4 Å². The first kappa shape index (κ1) is 25.1. The molecule has 5 rings (SSSR count). The van der Waals surface area contributed by atoms with Gasteiger partial charge in [0.15, 0.2) is 0 Å². The summed E-state index contributed by atoms with van der Waals surface area (Å²) < 4.78 is -0.534. The Morgan fingerprint density at radius 3 is 1.62 bits per heavy atom. The molecule has 0 heterocycles. The largest absolute Gasteiger partial charge is 0.244 e. The minimum Gasteiger partial charge on any atom is -0.244 e. The molecule has 0 saturated carbocycles. The molecule has 5 aromatic rings. The van der Waals surface area contributed by atoms with E-state index in [0.717, 1.165) is 16.5 Å². The molecule has 0 aliphatic rings. The van der Waals surface area contributed by atoms with Crippen LogP contribution in [0.5, 0.6) is 0 Å². The fourth-order valence-corrected chi connectivity index (χ4v) is 6.96. The van der Waals surface area contributed by atoms with Gasteiger partial charge in [-0.25, -0.2) is 4.99 Å². The maximum atomic E-state index is 5.39. The minimum atomic E-state index is -0.534. The van der Waals surface area contributed by atoms with Crippen molar-refractivity contribution in [3.63, 3.8) is 0 Å². The van der Waals surface area contributed by atoms with Crippen LogP contribution in [0.3, 0.4) is 0 Å². The predicted octanol–water partition coefficient (Wildman–Crippen LogP) is 9.69. The highest BCUT2D eigenvalue weighted by atomic mass is 32.2. The summed E-state index contributed by atoms with van der Waals surface area (Å²) in [5.74, 6) is 0.836. The molecule has 0 amide bonds. The van der Waals surface area contributed by atoms with Crippen molar-refractivity contribution in [2.45, 2.75) is 22.3 Å². The van der Waals surface area contributed by atoms with Gasteiger partial charge in [0.1, 0.15) is 4.75 Å². The molecule has 0 aromatic heterocycles. The third-order valence-electron chi connectivity index (χ3n) is 6.16. The van der Waals surface area contributed by atoms with Gasteiger partial charge >= 0.3 is 0 Å². The molecule has 0 saturated heterocycles. The summed E-state index contributed by atoms with van der Waals surface area (Å²) in [4.78, 5) is 6.60. The van der Waals surface area contributed by atoms with Gasteiger partial charge in [-0.15, -0.1) is 23.5 Å². The Balaban J connectivity index is 1.74. The van der Waals surface area contributed by atoms with Crippen LogP contribution in [0.2, 0.25) is 0 Å². The average Bonchev–Trinajstić information content (AvgIpc) is 2.97. The molecule has 0 bridgehead atoms. The lowest BCUT2D eigenvalue weighted by Gasteiger charge is -2.36. The molecule has 37 heavy (non-hydrogen) atoms. The smallest absolute Gasteiger partial charge is 0.119 e. The molecular formula is C34H29NS2. The lowest BCUT2D eigenvalue weighted by molar-refractivity contribution is 1.00. The maximum absolute atomic E-state index is 5.39. The van der Waals surface area contributed by atoms with E-state index in [1.54, 1.807) is 0 Å². The zero-order valence-electron chi connectivity index (χ0n) is 20.8.